The molecule has 1 saturated carbocycles. The Hall–Kier alpha value is -2.89. The second-order valence-electron chi connectivity index (χ2n) is 6.55. The molecule has 1 heterocycles. The van der Waals surface area contributed by atoms with Gasteiger partial charge >= 0.3 is 5.97 Å². The molecule has 1 unspecified atom stereocenters. The summed E-state index contributed by atoms with van der Waals surface area (Å²) in [6.45, 7) is 1.62. The first-order chi connectivity index (χ1) is 12.5. The molecule has 1 aromatic heterocycles. The molecule has 2 N–H and O–H groups in total. The van der Waals surface area contributed by atoms with E-state index in [0.29, 0.717) is 22.7 Å². The van der Waals surface area contributed by atoms with Gasteiger partial charge in [-0.05, 0) is 56.4 Å². The standard InChI is InChI=1S/C20H22N2O4/c1-13(20(24)25)14-6-9-16(10-7-14)22-19(23)15-8-11-18(21-12-15)26-17-4-2-3-5-17/h6-13,17H,2-5H2,1H3,(H,22,23)(H,24,25). The van der Waals surface area contributed by atoms with E-state index in [-0.39, 0.29) is 12.0 Å². The van der Waals surface area contributed by atoms with Crippen LogP contribution >= 0.6 is 0 Å². The van der Waals surface area contributed by atoms with E-state index >= 15 is 0 Å². The largest absolute Gasteiger partial charge is 0.481 e. The van der Waals surface area contributed by atoms with Gasteiger partial charge in [0.15, 0.2) is 0 Å². The fourth-order valence-electron chi connectivity index (χ4n) is 2.96. The molecule has 1 aliphatic rings. The Morgan fingerprint density at radius 2 is 1.85 bits per heavy atom. The van der Waals surface area contributed by atoms with Crippen molar-refractivity contribution >= 4 is 17.6 Å². The quantitative estimate of drug-likeness (QED) is 0.823. The Morgan fingerprint density at radius 1 is 1.15 bits per heavy atom. The third-order valence-corrected chi connectivity index (χ3v) is 4.63. The van der Waals surface area contributed by atoms with Crippen LogP contribution < -0.4 is 10.1 Å². The maximum absolute atomic E-state index is 12.3. The summed E-state index contributed by atoms with van der Waals surface area (Å²) in [5.41, 5.74) is 1.72. The number of benzene rings is 1. The Morgan fingerprint density at radius 3 is 2.42 bits per heavy atom. The van der Waals surface area contributed by atoms with E-state index in [9.17, 15) is 9.59 Å². The second kappa shape index (κ2) is 7.99. The fourth-order valence-corrected chi connectivity index (χ4v) is 2.96. The number of rotatable bonds is 6. The lowest BCUT2D eigenvalue weighted by molar-refractivity contribution is -0.138. The monoisotopic (exact) mass is 354 g/mol. The minimum atomic E-state index is -0.882. The molecule has 1 aromatic carbocycles. The number of hydrogen-bond acceptors (Lipinski definition) is 4. The predicted molar refractivity (Wildman–Crippen MR) is 97.6 cm³/mol. The highest BCUT2D eigenvalue weighted by Crippen LogP contribution is 2.23. The normalized spacial score (nSPS) is 15.4. The van der Waals surface area contributed by atoms with Crippen LogP contribution in [0.1, 0.15) is 54.4 Å². The van der Waals surface area contributed by atoms with Crippen molar-refractivity contribution in [1.29, 1.82) is 0 Å². The minimum absolute atomic E-state index is 0.230. The van der Waals surface area contributed by atoms with Gasteiger partial charge in [-0.25, -0.2) is 4.98 Å². The molecule has 0 bridgehead atoms. The van der Waals surface area contributed by atoms with Crippen molar-refractivity contribution < 1.29 is 19.4 Å². The van der Waals surface area contributed by atoms with Crippen molar-refractivity contribution in [2.45, 2.75) is 44.6 Å². The highest BCUT2D eigenvalue weighted by molar-refractivity contribution is 6.04. The number of carboxylic acids is 1. The van der Waals surface area contributed by atoms with Crippen molar-refractivity contribution in [2.75, 3.05) is 5.32 Å². The van der Waals surface area contributed by atoms with Crippen molar-refractivity contribution in [3.8, 4) is 5.88 Å². The number of anilines is 1. The lowest BCUT2D eigenvalue weighted by Gasteiger charge is -2.12. The van der Waals surface area contributed by atoms with Gasteiger partial charge in [0.2, 0.25) is 5.88 Å². The average Bonchev–Trinajstić information content (AvgIpc) is 3.15. The molecule has 0 aliphatic heterocycles. The van der Waals surface area contributed by atoms with E-state index in [1.54, 1.807) is 43.3 Å². The van der Waals surface area contributed by atoms with Crippen LogP contribution in [0.4, 0.5) is 5.69 Å². The molecular formula is C20H22N2O4. The first-order valence-electron chi connectivity index (χ1n) is 8.80. The lowest BCUT2D eigenvalue weighted by Crippen LogP contribution is -2.14. The zero-order chi connectivity index (χ0) is 18.5. The fraction of sp³-hybridized carbons (Fsp3) is 0.350. The summed E-state index contributed by atoms with van der Waals surface area (Å²) in [6, 6.07) is 10.2. The zero-order valence-electron chi connectivity index (χ0n) is 14.6. The molecule has 1 amide bonds. The SMILES string of the molecule is CC(C(=O)O)c1ccc(NC(=O)c2ccc(OC3CCCC3)nc2)cc1. The zero-order valence-corrected chi connectivity index (χ0v) is 14.6. The van der Waals surface area contributed by atoms with Gasteiger partial charge in [0.25, 0.3) is 5.91 Å². The highest BCUT2D eigenvalue weighted by Gasteiger charge is 2.17. The number of aliphatic carboxylic acids is 1. The maximum Gasteiger partial charge on any atom is 0.310 e. The first kappa shape index (κ1) is 17.9. The van der Waals surface area contributed by atoms with Gasteiger partial charge in [0.1, 0.15) is 6.10 Å². The summed E-state index contributed by atoms with van der Waals surface area (Å²) in [4.78, 5) is 27.5. The number of amides is 1. The average molecular weight is 354 g/mol. The van der Waals surface area contributed by atoms with Gasteiger partial charge in [-0.1, -0.05) is 12.1 Å². The lowest BCUT2D eigenvalue weighted by atomic mass is 10.0. The van der Waals surface area contributed by atoms with Crippen LogP contribution in [-0.2, 0) is 4.79 Å². The predicted octanol–water partition coefficient (Wildman–Crippen LogP) is 3.84. The maximum atomic E-state index is 12.3. The molecule has 26 heavy (non-hydrogen) atoms. The van der Waals surface area contributed by atoms with E-state index in [2.05, 4.69) is 10.3 Å². The molecule has 1 aliphatic carbocycles. The van der Waals surface area contributed by atoms with Crippen molar-refractivity contribution in [2.24, 2.45) is 0 Å². The van der Waals surface area contributed by atoms with E-state index < -0.39 is 11.9 Å². The molecule has 0 radical (unpaired) electrons. The van der Waals surface area contributed by atoms with Gasteiger partial charge in [0.05, 0.1) is 11.5 Å². The minimum Gasteiger partial charge on any atom is -0.481 e. The summed E-state index contributed by atoms with van der Waals surface area (Å²) >= 11 is 0. The third kappa shape index (κ3) is 4.39. The summed E-state index contributed by atoms with van der Waals surface area (Å²) < 4.78 is 5.79. The van der Waals surface area contributed by atoms with E-state index in [1.165, 1.54) is 19.0 Å². The summed E-state index contributed by atoms with van der Waals surface area (Å²) in [5, 5.41) is 11.8. The van der Waals surface area contributed by atoms with Crippen LogP contribution in [0, 0.1) is 0 Å². The molecule has 0 spiro atoms. The van der Waals surface area contributed by atoms with Gasteiger partial charge in [-0.15, -0.1) is 0 Å². The van der Waals surface area contributed by atoms with Gasteiger partial charge in [-0.2, -0.15) is 0 Å². The number of carboxylic acid groups (broad SMARTS) is 1. The number of pyridine rings is 1. The van der Waals surface area contributed by atoms with Gasteiger partial charge in [0, 0.05) is 18.0 Å². The second-order valence-corrected chi connectivity index (χ2v) is 6.55. The van der Waals surface area contributed by atoms with Crippen LogP contribution in [0.25, 0.3) is 0 Å². The topological polar surface area (TPSA) is 88.5 Å². The number of nitrogens with zero attached hydrogens (tertiary/aromatic N) is 1. The van der Waals surface area contributed by atoms with Crippen molar-refractivity contribution in [3.63, 3.8) is 0 Å². The molecule has 1 atom stereocenters. The molecular weight excluding hydrogens is 332 g/mol. The Balaban J connectivity index is 1.59. The number of nitrogens with one attached hydrogen (secondary N) is 1. The molecule has 2 aromatic rings. The molecule has 6 nitrogen and oxygen atoms in total. The number of ether oxygens (including phenoxy) is 1. The third-order valence-electron chi connectivity index (χ3n) is 4.63. The van der Waals surface area contributed by atoms with Crippen molar-refractivity contribution in [3.05, 3.63) is 53.7 Å². The number of carbonyl (C=O) groups excluding carboxylic acids is 1. The van der Waals surface area contributed by atoms with E-state index in [1.807, 2.05) is 0 Å². The molecule has 136 valence electrons. The van der Waals surface area contributed by atoms with E-state index in [4.69, 9.17) is 9.84 Å². The molecule has 1 fully saturated rings. The van der Waals surface area contributed by atoms with Crippen molar-refractivity contribution in [1.82, 2.24) is 4.98 Å². The number of aromatic nitrogens is 1. The number of carbonyl (C=O) groups is 2. The molecule has 3 rings (SSSR count). The Bertz CT molecular complexity index is 765. The van der Waals surface area contributed by atoms with Crippen LogP contribution in [0.15, 0.2) is 42.6 Å². The highest BCUT2D eigenvalue weighted by atomic mass is 16.5. The Labute approximate surface area is 152 Å². The number of hydrogen-bond donors (Lipinski definition) is 2. The smallest absolute Gasteiger partial charge is 0.310 e. The summed E-state index contributed by atoms with van der Waals surface area (Å²) in [7, 11) is 0. The van der Waals surface area contributed by atoms with E-state index in [0.717, 1.165) is 12.8 Å². The first-order valence-corrected chi connectivity index (χ1v) is 8.80. The van der Waals surface area contributed by atoms with Crippen LogP contribution in [-0.4, -0.2) is 28.1 Å². The molecule has 0 saturated heterocycles. The summed E-state index contributed by atoms with van der Waals surface area (Å²) in [5.74, 6) is -1.20. The van der Waals surface area contributed by atoms with Gasteiger partial charge in [-0.3, -0.25) is 9.59 Å². The van der Waals surface area contributed by atoms with Gasteiger partial charge < -0.3 is 15.2 Å². The van der Waals surface area contributed by atoms with Crippen LogP contribution in [0.3, 0.4) is 0 Å². The van der Waals surface area contributed by atoms with Crippen LogP contribution in [0.5, 0.6) is 5.88 Å². The Kier molecular flexibility index (Phi) is 5.51. The summed E-state index contributed by atoms with van der Waals surface area (Å²) in [6.07, 6.45) is 6.22. The molecule has 6 heteroatoms. The van der Waals surface area contributed by atoms with Crippen LogP contribution in [0.2, 0.25) is 0 Å².